The minimum atomic E-state index is 1.20. The number of benzene rings is 1. The highest BCUT2D eigenvalue weighted by molar-refractivity contribution is 5.66. The highest BCUT2D eigenvalue weighted by atomic mass is 14.6. The Kier molecular flexibility index (Phi) is 2.32. The van der Waals surface area contributed by atoms with Gasteiger partial charge in [0.05, 0.1) is 0 Å². The molecule has 0 fully saturated rings. The van der Waals surface area contributed by atoms with Crippen LogP contribution in [0, 0.1) is 13.8 Å². The van der Waals surface area contributed by atoms with E-state index in [0.29, 0.717) is 0 Å². The van der Waals surface area contributed by atoms with Gasteiger partial charge in [0.25, 0.3) is 0 Å². The van der Waals surface area contributed by atoms with E-state index in [9.17, 15) is 0 Å². The van der Waals surface area contributed by atoms with Gasteiger partial charge in [-0.15, -0.1) is 0 Å². The lowest BCUT2D eigenvalue weighted by Gasteiger charge is -2.05. The molecule has 0 bridgehead atoms. The third-order valence-electron chi connectivity index (χ3n) is 2.33. The quantitative estimate of drug-likeness (QED) is 0.660. The lowest BCUT2D eigenvalue weighted by molar-refractivity contribution is 1.26. The molecular weight excluding hydrogens is 170 g/mol. The molecule has 0 aliphatic carbocycles. The summed E-state index contributed by atoms with van der Waals surface area (Å²) < 4.78 is 0. The predicted octanol–water partition coefficient (Wildman–Crippen LogP) is 3.37. The van der Waals surface area contributed by atoms with Gasteiger partial charge in [-0.25, -0.2) is 0 Å². The maximum atomic E-state index is 4.20. The van der Waals surface area contributed by atoms with Crippen LogP contribution in [0.1, 0.15) is 11.1 Å². The summed E-state index contributed by atoms with van der Waals surface area (Å²) in [5.41, 5.74) is 4.96. The number of rotatable bonds is 1. The fraction of sp³-hybridized carbons (Fsp3) is 0.154. The first kappa shape index (κ1) is 8.95. The molecule has 0 atom stereocenters. The molecule has 0 unspecified atom stereocenters. The molecule has 0 radical (unpaired) electrons. The first-order valence-corrected chi connectivity index (χ1v) is 4.75. The van der Waals surface area contributed by atoms with Gasteiger partial charge in [-0.3, -0.25) is 4.98 Å². The molecule has 0 amide bonds. The van der Waals surface area contributed by atoms with Crippen LogP contribution in [0.15, 0.2) is 42.7 Å². The maximum Gasteiger partial charge on any atom is 0.0346 e. The third-order valence-corrected chi connectivity index (χ3v) is 2.33. The van der Waals surface area contributed by atoms with Crippen LogP contribution in [0.5, 0.6) is 0 Å². The molecule has 14 heavy (non-hydrogen) atoms. The van der Waals surface area contributed by atoms with Crippen LogP contribution in [0.4, 0.5) is 0 Å². The van der Waals surface area contributed by atoms with Crippen molar-refractivity contribution in [3.05, 3.63) is 53.9 Å². The average Bonchev–Trinajstić information content (AvgIpc) is 2.18. The van der Waals surface area contributed by atoms with Gasteiger partial charge in [0.15, 0.2) is 0 Å². The van der Waals surface area contributed by atoms with E-state index in [0.717, 1.165) is 0 Å². The van der Waals surface area contributed by atoms with E-state index >= 15 is 0 Å². The Hall–Kier alpha value is -1.63. The summed E-state index contributed by atoms with van der Waals surface area (Å²) in [5.74, 6) is 0. The van der Waals surface area contributed by atoms with E-state index < -0.39 is 0 Å². The van der Waals surface area contributed by atoms with Gasteiger partial charge in [0.1, 0.15) is 0 Å². The van der Waals surface area contributed by atoms with Gasteiger partial charge in [-0.1, -0.05) is 24.3 Å². The third kappa shape index (κ3) is 1.67. The summed E-state index contributed by atoms with van der Waals surface area (Å²) in [6.07, 6.45) is 3.79. The van der Waals surface area contributed by atoms with E-state index in [1.54, 1.807) is 0 Å². The van der Waals surface area contributed by atoms with Crippen molar-refractivity contribution in [1.82, 2.24) is 4.98 Å². The molecule has 0 spiro atoms. The molecule has 70 valence electrons. The number of nitrogens with zero attached hydrogens (tertiary/aromatic N) is 1. The number of hydrogen-bond acceptors (Lipinski definition) is 1. The Morgan fingerprint density at radius 3 is 2.50 bits per heavy atom. The van der Waals surface area contributed by atoms with Gasteiger partial charge in [-0.05, 0) is 36.6 Å². The molecular formula is C13H13N. The van der Waals surface area contributed by atoms with E-state index in [1.165, 1.54) is 22.3 Å². The molecule has 1 heteroatoms. The molecule has 2 aromatic rings. The van der Waals surface area contributed by atoms with Crippen LogP contribution in [-0.2, 0) is 0 Å². The summed E-state index contributed by atoms with van der Waals surface area (Å²) in [6, 6.07) is 10.5. The zero-order chi connectivity index (χ0) is 9.97. The van der Waals surface area contributed by atoms with Crippen molar-refractivity contribution in [2.24, 2.45) is 0 Å². The number of pyridine rings is 1. The van der Waals surface area contributed by atoms with Crippen LogP contribution in [0.25, 0.3) is 11.1 Å². The summed E-state index contributed by atoms with van der Waals surface area (Å²) in [5, 5.41) is 0. The van der Waals surface area contributed by atoms with Gasteiger partial charge in [0, 0.05) is 18.0 Å². The normalized spacial score (nSPS) is 10.1. The molecule has 0 saturated carbocycles. The van der Waals surface area contributed by atoms with Crippen molar-refractivity contribution in [3.8, 4) is 11.1 Å². The van der Waals surface area contributed by atoms with E-state index in [4.69, 9.17) is 0 Å². The number of aryl methyl sites for hydroxylation is 2. The van der Waals surface area contributed by atoms with Crippen LogP contribution in [0.3, 0.4) is 0 Å². The second-order valence-corrected chi connectivity index (χ2v) is 3.57. The first-order valence-electron chi connectivity index (χ1n) is 4.75. The molecule has 0 aliphatic heterocycles. The minimum absolute atomic E-state index is 1.20. The Morgan fingerprint density at radius 1 is 1.00 bits per heavy atom. The SMILES string of the molecule is Cc1cncc(-c2ccccc2C)c1. The first-order chi connectivity index (χ1) is 6.77. The lowest BCUT2D eigenvalue weighted by Crippen LogP contribution is -1.85. The second kappa shape index (κ2) is 3.62. The van der Waals surface area contributed by atoms with E-state index in [-0.39, 0.29) is 0 Å². The molecule has 0 N–H and O–H groups in total. The van der Waals surface area contributed by atoms with Crippen molar-refractivity contribution in [3.63, 3.8) is 0 Å². The minimum Gasteiger partial charge on any atom is -0.264 e. The standard InChI is InChI=1S/C13H13N/c1-10-7-12(9-14-8-10)13-6-4-3-5-11(13)2/h3-9H,1-2H3. The smallest absolute Gasteiger partial charge is 0.0346 e. The molecule has 1 aromatic heterocycles. The summed E-state index contributed by atoms with van der Waals surface area (Å²) in [4.78, 5) is 4.20. The Labute approximate surface area is 84.4 Å². The number of aromatic nitrogens is 1. The fourth-order valence-electron chi connectivity index (χ4n) is 1.60. The van der Waals surface area contributed by atoms with Crippen molar-refractivity contribution in [2.75, 3.05) is 0 Å². The summed E-state index contributed by atoms with van der Waals surface area (Å²) >= 11 is 0. The van der Waals surface area contributed by atoms with Crippen molar-refractivity contribution in [2.45, 2.75) is 13.8 Å². The number of hydrogen-bond donors (Lipinski definition) is 0. The van der Waals surface area contributed by atoms with Crippen molar-refractivity contribution >= 4 is 0 Å². The summed E-state index contributed by atoms with van der Waals surface area (Å²) in [7, 11) is 0. The van der Waals surface area contributed by atoms with Gasteiger partial charge >= 0.3 is 0 Å². The highest BCUT2D eigenvalue weighted by Gasteiger charge is 2.00. The molecule has 2 rings (SSSR count). The molecule has 1 nitrogen and oxygen atoms in total. The van der Waals surface area contributed by atoms with Crippen LogP contribution < -0.4 is 0 Å². The van der Waals surface area contributed by atoms with Gasteiger partial charge < -0.3 is 0 Å². The van der Waals surface area contributed by atoms with Gasteiger partial charge in [-0.2, -0.15) is 0 Å². The zero-order valence-corrected chi connectivity index (χ0v) is 8.49. The summed E-state index contributed by atoms with van der Waals surface area (Å²) in [6.45, 7) is 4.19. The van der Waals surface area contributed by atoms with Crippen LogP contribution >= 0.6 is 0 Å². The largest absolute Gasteiger partial charge is 0.264 e. The fourth-order valence-corrected chi connectivity index (χ4v) is 1.60. The highest BCUT2D eigenvalue weighted by Crippen LogP contribution is 2.22. The lowest BCUT2D eigenvalue weighted by atomic mass is 10.0. The molecule has 1 aromatic carbocycles. The van der Waals surface area contributed by atoms with Crippen molar-refractivity contribution in [1.29, 1.82) is 0 Å². The Morgan fingerprint density at radius 2 is 1.79 bits per heavy atom. The molecule has 0 saturated heterocycles. The van der Waals surface area contributed by atoms with Gasteiger partial charge in [0.2, 0.25) is 0 Å². The Balaban J connectivity index is 2.55. The van der Waals surface area contributed by atoms with E-state index in [1.807, 2.05) is 12.4 Å². The molecule has 1 heterocycles. The zero-order valence-electron chi connectivity index (χ0n) is 8.49. The molecule has 0 aliphatic rings. The predicted molar refractivity (Wildman–Crippen MR) is 59.1 cm³/mol. The second-order valence-electron chi connectivity index (χ2n) is 3.57. The van der Waals surface area contributed by atoms with E-state index in [2.05, 4.69) is 49.2 Å². The topological polar surface area (TPSA) is 12.9 Å². The maximum absolute atomic E-state index is 4.20. The average molecular weight is 183 g/mol. The monoisotopic (exact) mass is 183 g/mol. The Bertz CT molecular complexity index is 446. The van der Waals surface area contributed by atoms with Crippen LogP contribution in [0.2, 0.25) is 0 Å². The van der Waals surface area contributed by atoms with Crippen molar-refractivity contribution < 1.29 is 0 Å². The van der Waals surface area contributed by atoms with Crippen LogP contribution in [-0.4, -0.2) is 4.98 Å².